The molecule has 148 valence electrons. The second kappa shape index (κ2) is 7.95. The van der Waals surface area contributed by atoms with Crippen molar-refractivity contribution in [2.24, 2.45) is 7.05 Å². The third-order valence-corrected chi connectivity index (χ3v) is 6.05. The van der Waals surface area contributed by atoms with Gasteiger partial charge >= 0.3 is 0 Å². The van der Waals surface area contributed by atoms with Gasteiger partial charge in [-0.25, -0.2) is 23.5 Å². The largest absolute Gasteiger partial charge is 0.317 e. The Balaban J connectivity index is 2.11. The van der Waals surface area contributed by atoms with Gasteiger partial charge in [0.05, 0.1) is 22.5 Å². The zero-order valence-corrected chi connectivity index (χ0v) is 17.8. The lowest BCUT2D eigenvalue weighted by atomic mass is 10.2. The van der Waals surface area contributed by atoms with Gasteiger partial charge in [-0.3, -0.25) is 9.35 Å². The van der Waals surface area contributed by atoms with Crippen LogP contribution in [0.1, 0.15) is 18.4 Å². The van der Waals surface area contributed by atoms with E-state index in [0.717, 1.165) is 9.18 Å². The molecular formula is C16H17ClN6O3S2. The van der Waals surface area contributed by atoms with E-state index in [9.17, 15) is 13.6 Å². The van der Waals surface area contributed by atoms with Crippen molar-refractivity contribution in [3.8, 4) is 10.4 Å². The van der Waals surface area contributed by atoms with E-state index in [0.29, 0.717) is 28.0 Å². The van der Waals surface area contributed by atoms with Gasteiger partial charge in [0.2, 0.25) is 5.91 Å². The first-order chi connectivity index (χ1) is 13.2. The van der Waals surface area contributed by atoms with Crippen LogP contribution in [0.3, 0.4) is 0 Å². The van der Waals surface area contributed by atoms with E-state index in [1.807, 2.05) is 0 Å². The summed E-state index contributed by atoms with van der Waals surface area (Å²) in [5.74, 6) is 0.840. The molecule has 0 aliphatic heterocycles. The van der Waals surface area contributed by atoms with Gasteiger partial charge in [-0.15, -0.1) is 0 Å². The fraction of sp³-hybridized carbons (Fsp3) is 0.250. The van der Waals surface area contributed by atoms with Crippen LogP contribution < -0.4 is 9.62 Å². The Labute approximate surface area is 172 Å². The zero-order valence-electron chi connectivity index (χ0n) is 15.4. The summed E-state index contributed by atoms with van der Waals surface area (Å²) in [5, 5.41) is 3.17. The van der Waals surface area contributed by atoms with Crippen LogP contribution in [-0.4, -0.2) is 34.2 Å². The summed E-state index contributed by atoms with van der Waals surface area (Å²) in [4.78, 5) is 24.7. The van der Waals surface area contributed by atoms with Crippen molar-refractivity contribution >= 4 is 56.7 Å². The average Bonchev–Trinajstić information content (AvgIpc) is 3.12. The number of aromatic nitrogens is 4. The van der Waals surface area contributed by atoms with Gasteiger partial charge in [0, 0.05) is 25.7 Å². The first kappa shape index (κ1) is 20.4. The van der Waals surface area contributed by atoms with E-state index in [4.69, 9.17) is 11.6 Å². The minimum atomic E-state index is -2.41. The standard InChI is InChI=1S/C16H17ClN6O3S2/c1-8-14(27-16(20-8)21-10(3)24)11-5-12(15(17)19-6-11)23(28(25)26)13-7-18-9(2)22(13)4/h5-7H,1-4H3,(H,25,26)(H,20,21,24). The summed E-state index contributed by atoms with van der Waals surface area (Å²) in [5.41, 5.74) is 1.59. The summed E-state index contributed by atoms with van der Waals surface area (Å²) in [6, 6.07) is 1.66. The van der Waals surface area contributed by atoms with Gasteiger partial charge in [0.25, 0.3) is 11.3 Å². The SMILES string of the molecule is CC(=O)Nc1nc(C)c(-c2cnc(Cl)c(N(c3cnc(C)n3C)S(=O)O)c2)s1. The van der Waals surface area contributed by atoms with E-state index in [1.54, 1.807) is 37.7 Å². The number of pyridine rings is 1. The second-order valence-electron chi connectivity index (χ2n) is 5.90. The third kappa shape index (κ3) is 3.92. The highest BCUT2D eigenvalue weighted by Crippen LogP contribution is 2.38. The van der Waals surface area contributed by atoms with Gasteiger partial charge in [0.15, 0.2) is 10.3 Å². The number of amides is 1. The number of rotatable bonds is 5. The van der Waals surface area contributed by atoms with Crippen LogP contribution in [0.4, 0.5) is 16.6 Å². The second-order valence-corrected chi connectivity index (χ2v) is 8.08. The summed E-state index contributed by atoms with van der Waals surface area (Å²) < 4.78 is 24.8. The summed E-state index contributed by atoms with van der Waals surface area (Å²) in [6.07, 6.45) is 3.04. The molecule has 0 radical (unpaired) electrons. The number of carbonyl (C=O) groups is 1. The maximum Gasteiger partial charge on any atom is 0.267 e. The lowest BCUT2D eigenvalue weighted by Crippen LogP contribution is -2.22. The Hall–Kier alpha value is -2.34. The number of nitrogens with zero attached hydrogens (tertiary/aromatic N) is 5. The molecule has 3 aromatic rings. The number of carbonyl (C=O) groups excluding carboxylic acids is 1. The Morgan fingerprint density at radius 3 is 2.64 bits per heavy atom. The van der Waals surface area contributed by atoms with Crippen LogP contribution in [-0.2, 0) is 23.1 Å². The number of halogens is 1. The van der Waals surface area contributed by atoms with E-state index in [1.165, 1.54) is 24.5 Å². The smallest absolute Gasteiger partial charge is 0.267 e. The molecule has 3 heterocycles. The number of hydrogen-bond donors (Lipinski definition) is 2. The summed E-state index contributed by atoms with van der Waals surface area (Å²) in [7, 11) is 1.73. The average molecular weight is 441 g/mol. The molecule has 0 fully saturated rings. The molecule has 0 saturated carbocycles. The number of nitrogens with one attached hydrogen (secondary N) is 1. The number of aryl methyl sites for hydroxylation is 2. The van der Waals surface area contributed by atoms with E-state index in [-0.39, 0.29) is 16.7 Å². The molecule has 9 nitrogen and oxygen atoms in total. The molecule has 3 aromatic heterocycles. The minimum absolute atomic E-state index is 0.0641. The van der Waals surface area contributed by atoms with Crippen LogP contribution in [0.5, 0.6) is 0 Å². The molecule has 0 aliphatic carbocycles. The lowest BCUT2D eigenvalue weighted by Gasteiger charge is -2.21. The van der Waals surface area contributed by atoms with Crippen LogP contribution in [0.25, 0.3) is 10.4 Å². The predicted octanol–water partition coefficient (Wildman–Crippen LogP) is 3.44. The van der Waals surface area contributed by atoms with E-state index < -0.39 is 11.3 Å². The van der Waals surface area contributed by atoms with Gasteiger partial charge in [-0.2, -0.15) is 0 Å². The lowest BCUT2D eigenvalue weighted by molar-refractivity contribution is -0.114. The van der Waals surface area contributed by atoms with Gasteiger partial charge in [0.1, 0.15) is 11.6 Å². The molecule has 12 heteroatoms. The normalized spacial score (nSPS) is 12.1. The number of anilines is 3. The Morgan fingerprint density at radius 2 is 2.07 bits per heavy atom. The minimum Gasteiger partial charge on any atom is -0.317 e. The molecule has 0 aromatic carbocycles. The first-order valence-electron chi connectivity index (χ1n) is 7.99. The van der Waals surface area contributed by atoms with Crippen molar-refractivity contribution in [1.29, 1.82) is 0 Å². The first-order valence-corrected chi connectivity index (χ1v) is 10.2. The van der Waals surface area contributed by atoms with Gasteiger partial charge in [-0.1, -0.05) is 22.9 Å². The molecular weight excluding hydrogens is 424 g/mol. The van der Waals surface area contributed by atoms with Crippen molar-refractivity contribution in [2.75, 3.05) is 9.62 Å². The topological polar surface area (TPSA) is 113 Å². The molecule has 1 amide bonds. The Bertz CT molecular complexity index is 1080. The molecule has 1 atom stereocenters. The van der Waals surface area contributed by atoms with Crippen molar-refractivity contribution in [1.82, 2.24) is 19.5 Å². The zero-order chi connectivity index (χ0) is 20.6. The molecule has 28 heavy (non-hydrogen) atoms. The molecule has 3 rings (SSSR count). The van der Waals surface area contributed by atoms with Crippen molar-refractivity contribution in [2.45, 2.75) is 20.8 Å². The number of hydrogen-bond acceptors (Lipinski definition) is 6. The molecule has 0 aliphatic rings. The Morgan fingerprint density at radius 1 is 1.36 bits per heavy atom. The van der Waals surface area contributed by atoms with E-state index >= 15 is 0 Å². The fourth-order valence-corrected chi connectivity index (χ4v) is 4.41. The number of imidazole rings is 1. The van der Waals surface area contributed by atoms with Crippen LogP contribution >= 0.6 is 22.9 Å². The molecule has 0 spiro atoms. The van der Waals surface area contributed by atoms with Crippen LogP contribution in [0.2, 0.25) is 5.15 Å². The molecule has 2 N–H and O–H groups in total. The molecule has 0 saturated heterocycles. The highest BCUT2D eigenvalue weighted by molar-refractivity contribution is 7.81. The van der Waals surface area contributed by atoms with Crippen molar-refractivity contribution in [3.63, 3.8) is 0 Å². The van der Waals surface area contributed by atoms with Gasteiger partial charge < -0.3 is 9.88 Å². The van der Waals surface area contributed by atoms with Crippen molar-refractivity contribution in [3.05, 3.63) is 35.1 Å². The van der Waals surface area contributed by atoms with Crippen LogP contribution in [0, 0.1) is 13.8 Å². The fourth-order valence-electron chi connectivity index (χ4n) is 2.54. The summed E-state index contributed by atoms with van der Waals surface area (Å²) >= 11 is 5.12. The van der Waals surface area contributed by atoms with Crippen molar-refractivity contribution < 1.29 is 13.6 Å². The quantitative estimate of drug-likeness (QED) is 0.464. The highest BCUT2D eigenvalue weighted by atomic mass is 35.5. The maximum atomic E-state index is 12.1. The monoisotopic (exact) mass is 440 g/mol. The molecule has 1 unspecified atom stereocenters. The number of thiazole rings is 1. The van der Waals surface area contributed by atoms with E-state index in [2.05, 4.69) is 20.3 Å². The predicted molar refractivity (Wildman–Crippen MR) is 110 cm³/mol. The van der Waals surface area contributed by atoms with Crippen LogP contribution in [0.15, 0.2) is 18.5 Å². The van der Waals surface area contributed by atoms with Gasteiger partial charge in [-0.05, 0) is 19.9 Å². The molecule has 0 bridgehead atoms. The maximum absolute atomic E-state index is 12.1. The summed E-state index contributed by atoms with van der Waals surface area (Å²) in [6.45, 7) is 4.99. The highest BCUT2D eigenvalue weighted by Gasteiger charge is 2.24. The third-order valence-electron chi connectivity index (χ3n) is 3.94. The Kier molecular flexibility index (Phi) is 5.79.